The fourth-order valence-corrected chi connectivity index (χ4v) is 3.18. The smallest absolute Gasteiger partial charge is 0.252 e. The summed E-state index contributed by atoms with van der Waals surface area (Å²) in [5, 5.41) is 2.72. The molecule has 0 aliphatic heterocycles. The first-order valence-electron chi connectivity index (χ1n) is 9.13. The molecule has 2 amide bonds. The number of nitrogens with one attached hydrogen (secondary N) is 1. The number of nitrogens with zero attached hydrogens (tertiary/aromatic N) is 1. The van der Waals surface area contributed by atoms with E-state index in [0.29, 0.717) is 6.54 Å². The number of ether oxygens (including phenoxy) is 1. The minimum Gasteiger partial charge on any atom is -0.497 e. The van der Waals surface area contributed by atoms with E-state index >= 15 is 0 Å². The van der Waals surface area contributed by atoms with Crippen molar-refractivity contribution in [2.75, 3.05) is 13.7 Å². The molecule has 148 valence electrons. The number of benzene rings is 2. The summed E-state index contributed by atoms with van der Waals surface area (Å²) in [7, 11) is 1.61. The normalized spacial score (nSPS) is 13.1. The van der Waals surface area contributed by atoms with Gasteiger partial charge in [-0.2, -0.15) is 0 Å². The van der Waals surface area contributed by atoms with E-state index in [4.69, 9.17) is 16.3 Å². The first kappa shape index (κ1) is 20.1. The van der Waals surface area contributed by atoms with Crippen LogP contribution in [0.5, 0.6) is 5.75 Å². The number of amides is 2. The van der Waals surface area contributed by atoms with Crippen molar-refractivity contribution in [2.45, 2.75) is 31.8 Å². The Kier molecular flexibility index (Phi) is 6.52. The number of hydrogen-bond acceptors (Lipinski definition) is 3. The van der Waals surface area contributed by atoms with Crippen LogP contribution in [0.25, 0.3) is 0 Å². The van der Waals surface area contributed by atoms with Crippen molar-refractivity contribution in [3.63, 3.8) is 0 Å². The molecule has 1 N–H and O–H groups in total. The molecule has 2 aromatic carbocycles. The maximum atomic E-state index is 13.1. The van der Waals surface area contributed by atoms with Crippen LogP contribution in [-0.2, 0) is 11.3 Å². The Morgan fingerprint density at radius 1 is 1.21 bits per heavy atom. The minimum atomic E-state index is -0.504. The van der Waals surface area contributed by atoms with Gasteiger partial charge < -0.3 is 15.0 Å². The van der Waals surface area contributed by atoms with Gasteiger partial charge in [0.25, 0.3) is 5.91 Å². The third-order valence-electron chi connectivity index (χ3n) is 4.62. The molecule has 0 heterocycles. The second kappa shape index (κ2) is 9.06. The highest BCUT2D eigenvalue weighted by atomic mass is 35.5. The Bertz CT molecular complexity index is 853. The van der Waals surface area contributed by atoms with E-state index in [-0.39, 0.29) is 35.5 Å². The molecule has 1 aliphatic carbocycles. The van der Waals surface area contributed by atoms with E-state index in [0.717, 1.165) is 30.2 Å². The zero-order valence-corrected chi connectivity index (χ0v) is 16.3. The number of methoxy groups -OCH3 is 1. The maximum absolute atomic E-state index is 13.1. The van der Waals surface area contributed by atoms with Crippen LogP contribution in [0.3, 0.4) is 0 Å². The lowest BCUT2D eigenvalue weighted by Crippen LogP contribution is -2.35. The monoisotopic (exact) mass is 404 g/mol. The summed E-state index contributed by atoms with van der Waals surface area (Å²) in [6.45, 7) is 0.725. The van der Waals surface area contributed by atoms with Crippen LogP contribution in [0.2, 0.25) is 5.02 Å². The van der Waals surface area contributed by atoms with Crippen molar-refractivity contribution in [3.8, 4) is 5.75 Å². The molecule has 0 unspecified atom stereocenters. The molecule has 2 aromatic rings. The van der Waals surface area contributed by atoms with Gasteiger partial charge in [-0.1, -0.05) is 23.7 Å². The first-order valence-corrected chi connectivity index (χ1v) is 9.51. The summed E-state index contributed by atoms with van der Waals surface area (Å²) >= 11 is 5.89. The van der Waals surface area contributed by atoms with Crippen LogP contribution < -0.4 is 10.1 Å². The van der Waals surface area contributed by atoms with E-state index in [1.807, 2.05) is 29.2 Å². The molecule has 0 saturated heterocycles. The Morgan fingerprint density at radius 2 is 1.93 bits per heavy atom. The van der Waals surface area contributed by atoms with Gasteiger partial charge in [-0.05, 0) is 48.7 Å². The summed E-state index contributed by atoms with van der Waals surface area (Å²) in [6, 6.07) is 11.5. The first-order chi connectivity index (χ1) is 13.5. The zero-order valence-electron chi connectivity index (χ0n) is 15.6. The number of carbonyl (C=O) groups excluding carboxylic acids is 2. The van der Waals surface area contributed by atoms with Crippen LogP contribution >= 0.6 is 11.6 Å². The molecule has 0 aromatic heterocycles. The van der Waals surface area contributed by atoms with Gasteiger partial charge in [0.05, 0.1) is 17.7 Å². The Labute approximate surface area is 168 Å². The summed E-state index contributed by atoms with van der Waals surface area (Å²) in [5.41, 5.74) is 1.22. The molecule has 0 atom stereocenters. The highest BCUT2D eigenvalue weighted by molar-refractivity contribution is 6.33. The zero-order chi connectivity index (χ0) is 20.1. The highest BCUT2D eigenvalue weighted by Crippen LogP contribution is 2.29. The largest absolute Gasteiger partial charge is 0.497 e. The third-order valence-corrected chi connectivity index (χ3v) is 4.93. The van der Waals surface area contributed by atoms with E-state index < -0.39 is 11.7 Å². The third kappa shape index (κ3) is 5.23. The number of rotatable bonds is 8. The molecule has 1 aliphatic rings. The van der Waals surface area contributed by atoms with Crippen LogP contribution in [0, 0.1) is 5.82 Å². The minimum absolute atomic E-state index is 0.0104. The fourth-order valence-electron chi connectivity index (χ4n) is 2.93. The SMILES string of the molecule is COc1ccc(CN(C(=O)CCNC(=O)c2ccc(F)cc2Cl)C2CC2)cc1. The van der Waals surface area contributed by atoms with Crippen LogP contribution in [0.1, 0.15) is 35.2 Å². The van der Waals surface area contributed by atoms with Gasteiger partial charge in [0.2, 0.25) is 5.91 Å². The average molecular weight is 405 g/mol. The van der Waals surface area contributed by atoms with Gasteiger partial charge in [0, 0.05) is 25.6 Å². The topological polar surface area (TPSA) is 58.6 Å². The fraction of sp³-hybridized carbons (Fsp3) is 0.333. The maximum Gasteiger partial charge on any atom is 0.252 e. The van der Waals surface area contributed by atoms with Crippen LogP contribution in [0.4, 0.5) is 4.39 Å². The van der Waals surface area contributed by atoms with Crippen molar-refractivity contribution in [1.82, 2.24) is 10.2 Å². The van der Waals surface area contributed by atoms with E-state index in [2.05, 4.69) is 5.32 Å². The quantitative estimate of drug-likeness (QED) is 0.728. The lowest BCUT2D eigenvalue weighted by atomic mass is 10.2. The summed E-state index contributed by atoms with van der Waals surface area (Å²) in [6.07, 6.45) is 2.19. The van der Waals surface area contributed by atoms with Gasteiger partial charge >= 0.3 is 0 Å². The van der Waals surface area contributed by atoms with Gasteiger partial charge in [-0.15, -0.1) is 0 Å². The highest BCUT2D eigenvalue weighted by Gasteiger charge is 2.32. The van der Waals surface area contributed by atoms with Crippen LogP contribution in [0.15, 0.2) is 42.5 Å². The van der Waals surface area contributed by atoms with Gasteiger partial charge in [-0.3, -0.25) is 9.59 Å². The van der Waals surface area contributed by atoms with Crippen molar-refractivity contribution in [3.05, 3.63) is 64.4 Å². The Balaban J connectivity index is 1.53. The Morgan fingerprint density at radius 3 is 2.54 bits per heavy atom. The second-order valence-corrected chi connectivity index (χ2v) is 7.14. The summed E-state index contributed by atoms with van der Waals surface area (Å²) in [4.78, 5) is 26.7. The van der Waals surface area contributed by atoms with Gasteiger partial charge in [0.15, 0.2) is 0 Å². The average Bonchev–Trinajstić information content (AvgIpc) is 3.51. The molecule has 0 spiro atoms. The van der Waals surface area contributed by atoms with Crippen molar-refractivity contribution >= 4 is 23.4 Å². The summed E-state index contributed by atoms with van der Waals surface area (Å²) < 4.78 is 18.2. The van der Waals surface area contributed by atoms with Crippen molar-refractivity contribution in [1.29, 1.82) is 0 Å². The summed E-state index contributed by atoms with van der Waals surface area (Å²) in [5.74, 6) is -0.166. The van der Waals surface area contributed by atoms with E-state index in [9.17, 15) is 14.0 Å². The molecule has 5 nitrogen and oxygen atoms in total. The molecule has 0 bridgehead atoms. The molecule has 1 fully saturated rings. The molecular formula is C21H22ClFN2O3. The predicted molar refractivity (Wildman–Crippen MR) is 105 cm³/mol. The van der Waals surface area contributed by atoms with Crippen molar-refractivity contribution in [2.24, 2.45) is 0 Å². The molecule has 28 heavy (non-hydrogen) atoms. The van der Waals surface area contributed by atoms with Crippen LogP contribution in [-0.4, -0.2) is 36.4 Å². The number of carbonyl (C=O) groups is 2. The molecule has 3 rings (SSSR count). The van der Waals surface area contributed by atoms with E-state index in [1.54, 1.807) is 7.11 Å². The number of hydrogen-bond donors (Lipinski definition) is 1. The van der Waals surface area contributed by atoms with Crippen molar-refractivity contribution < 1.29 is 18.7 Å². The second-order valence-electron chi connectivity index (χ2n) is 6.73. The van der Waals surface area contributed by atoms with E-state index in [1.165, 1.54) is 12.1 Å². The van der Waals surface area contributed by atoms with Gasteiger partial charge in [-0.25, -0.2) is 4.39 Å². The molecule has 0 radical (unpaired) electrons. The molecule has 1 saturated carbocycles. The standard InChI is InChI=1S/C21H22ClFN2O3/c1-28-17-7-2-14(3-8-17)13-25(16-5-6-16)20(26)10-11-24-21(27)18-9-4-15(23)12-19(18)22/h2-4,7-9,12,16H,5-6,10-11,13H2,1H3,(H,24,27). The molecule has 7 heteroatoms. The lowest BCUT2D eigenvalue weighted by molar-refractivity contribution is -0.132. The Hall–Kier alpha value is -2.60. The number of halogens is 2. The predicted octanol–water partition coefficient (Wildman–Crippen LogP) is 3.80. The van der Waals surface area contributed by atoms with Gasteiger partial charge in [0.1, 0.15) is 11.6 Å². The lowest BCUT2D eigenvalue weighted by Gasteiger charge is -2.23. The molecular weight excluding hydrogens is 383 g/mol.